The zero-order valence-corrected chi connectivity index (χ0v) is 8.59. The van der Waals surface area contributed by atoms with Crippen LogP contribution in [0.5, 0.6) is 0 Å². The summed E-state index contributed by atoms with van der Waals surface area (Å²) in [5.41, 5.74) is 5.29. The van der Waals surface area contributed by atoms with Crippen LogP contribution in [0.15, 0.2) is 11.9 Å². The summed E-state index contributed by atoms with van der Waals surface area (Å²) in [5.74, 6) is -1.66. The van der Waals surface area contributed by atoms with E-state index in [4.69, 9.17) is 5.73 Å². The molecule has 0 rings (SSSR count). The van der Waals surface area contributed by atoms with Crippen molar-refractivity contribution in [3.05, 3.63) is 11.9 Å². The van der Waals surface area contributed by atoms with E-state index in [1.807, 2.05) is 0 Å². The number of nitrogens with two attached hydrogens (primary N) is 1. The summed E-state index contributed by atoms with van der Waals surface area (Å²) in [5, 5.41) is 0. The molecule has 0 atom stereocenters. The van der Waals surface area contributed by atoms with Crippen molar-refractivity contribution in [2.24, 2.45) is 5.73 Å². The molecule has 0 aliphatic carbocycles. The van der Waals surface area contributed by atoms with Crippen molar-refractivity contribution in [1.29, 1.82) is 0 Å². The van der Waals surface area contributed by atoms with Gasteiger partial charge in [0, 0.05) is 0 Å². The maximum Gasteiger partial charge on any atom is 0.366 e. The van der Waals surface area contributed by atoms with Crippen molar-refractivity contribution >= 4 is 5.97 Å². The van der Waals surface area contributed by atoms with Gasteiger partial charge in [0.25, 0.3) is 0 Å². The van der Waals surface area contributed by atoms with Gasteiger partial charge in [-0.3, -0.25) is 0 Å². The molecule has 0 saturated heterocycles. The SMILES string of the molecule is CCOC(=O)/C(F)=C/CCCCCN. The quantitative estimate of drug-likeness (QED) is 0.390. The molecule has 0 aromatic heterocycles. The molecule has 3 nitrogen and oxygen atoms in total. The minimum absolute atomic E-state index is 0.202. The highest BCUT2D eigenvalue weighted by Gasteiger charge is 2.07. The number of carbonyl (C=O) groups excluding carboxylic acids is 1. The molecule has 0 bridgehead atoms. The van der Waals surface area contributed by atoms with Crippen molar-refractivity contribution in [3.63, 3.8) is 0 Å². The van der Waals surface area contributed by atoms with Gasteiger partial charge in [0.05, 0.1) is 6.61 Å². The van der Waals surface area contributed by atoms with E-state index in [9.17, 15) is 9.18 Å². The molecule has 14 heavy (non-hydrogen) atoms. The number of allylic oxidation sites excluding steroid dienone is 1. The third-order valence-electron chi connectivity index (χ3n) is 1.70. The first-order valence-electron chi connectivity index (χ1n) is 4.95. The predicted octanol–water partition coefficient (Wildman–Crippen LogP) is 1.92. The van der Waals surface area contributed by atoms with Crippen molar-refractivity contribution in [1.82, 2.24) is 0 Å². The number of unbranched alkanes of at least 4 members (excludes halogenated alkanes) is 3. The first-order valence-corrected chi connectivity index (χ1v) is 4.95. The number of halogens is 1. The summed E-state index contributed by atoms with van der Waals surface area (Å²) < 4.78 is 17.3. The van der Waals surface area contributed by atoms with Gasteiger partial charge < -0.3 is 10.5 Å². The second-order valence-electron chi connectivity index (χ2n) is 2.91. The largest absolute Gasteiger partial charge is 0.461 e. The normalized spacial score (nSPS) is 11.5. The lowest BCUT2D eigenvalue weighted by atomic mass is 10.2. The standard InChI is InChI=1S/C10H18FNO2/c1-2-14-10(13)9(11)7-5-3-4-6-8-12/h7H,2-6,8,12H2,1H3/b9-7-. The van der Waals surface area contributed by atoms with Crippen molar-refractivity contribution in [2.45, 2.75) is 32.6 Å². The minimum Gasteiger partial charge on any atom is -0.461 e. The number of hydrogen-bond acceptors (Lipinski definition) is 3. The first kappa shape index (κ1) is 13.1. The molecule has 0 fully saturated rings. The van der Waals surface area contributed by atoms with Gasteiger partial charge in [-0.25, -0.2) is 4.79 Å². The van der Waals surface area contributed by atoms with Gasteiger partial charge in [-0.15, -0.1) is 0 Å². The van der Waals surface area contributed by atoms with Crippen molar-refractivity contribution in [2.75, 3.05) is 13.2 Å². The van der Waals surface area contributed by atoms with E-state index in [2.05, 4.69) is 4.74 Å². The molecule has 0 aliphatic rings. The lowest BCUT2D eigenvalue weighted by Gasteiger charge is -1.98. The zero-order chi connectivity index (χ0) is 10.8. The highest BCUT2D eigenvalue weighted by Crippen LogP contribution is 2.06. The summed E-state index contributed by atoms with van der Waals surface area (Å²) in [6, 6.07) is 0. The molecule has 0 aromatic carbocycles. The van der Waals surface area contributed by atoms with E-state index in [1.54, 1.807) is 6.92 Å². The molecule has 0 heterocycles. The second-order valence-corrected chi connectivity index (χ2v) is 2.91. The molecule has 82 valence electrons. The van der Waals surface area contributed by atoms with Gasteiger partial charge in [-0.2, -0.15) is 4.39 Å². The minimum atomic E-state index is -0.869. The Labute approximate surface area is 84.1 Å². The fourth-order valence-corrected chi connectivity index (χ4v) is 0.978. The molecule has 0 amide bonds. The molecule has 0 radical (unpaired) electrons. The molecule has 2 N–H and O–H groups in total. The van der Waals surface area contributed by atoms with Crippen LogP contribution in [-0.4, -0.2) is 19.1 Å². The van der Waals surface area contributed by atoms with Crippen LogP contribution in [0.1, 0.15) is 32.6 Å². The van der Waals surface area contributed by atoms with E-state index in [0.29, 0.717) is 13.0 Å². The molecule has 0 saturated carbocycles. The maximum atomic E-state index is 12.9. The third-order valence-corrected chi connectivity index (χ3v) is 1.70. The molecular formula is C10H18FNO2. The Morgan fingerprint density at radius 3 is 2.71 bits per heavy atom. The van der Waals surface area contributed by atoms with Crippen molar-refractivity contribution in [3.8, 4) is 0 Å². The Hall–Kier alpha value is -0.900. The van der Waals surface area contributed by atoms with Gasteiger partial charge in [-0.05, 0) is 38.8 Å². The maximum absolute atomic E-state index is 12.9. The zero-order valence-electron chi connectivity index (χ0n) is 8.59. The summed E-state index contributed by atoms with van der Waals surface area (Å²) in [4.78, 5) is 10.8. The Morgan fingerprint density at radius 2 is 2.14 bits per heavy atom. The van der Waals surface area contributed by atoms with Crippen LogP contribution in [0, 0.1) is 0 Å². The second kappa shape index (κ2) is 8.69. The van der Waals surface area contributed by atoms with Crippen LogP contribution in [0.3, 0.4) is 0 Å². The number of hydrogen-bond donors (Lipinski definition) is 1. The Kier molecular flexibility index (Phi) is 8.13. The Balaban J connectivity index is 3.60. The fourth-order valence-electron chi connectivity index (χ4n) is 0.978. The highest BCUT2D eigenvalue weighted by atomic mass is 19.1. The van der Waals surface area contributed by atoms with Crippen LogP contribution in [0.25, 0.3) is 0 Å². The van der Waals surface area contributed by atoms with Gasteiger partial charge in [0.1, 0.15) is 0 Å². The third kappa shape index (κ3) is 6.60. The molecule has 4 heteroatoms. The van der Waals surface area contributed by atoms with E-state index in [1.165, 1.54) is 6.08 Å². The highest BCUT2D eigenvalue weighted by molar-refractivity contribution is 5.85. The number of ether oxygens (including phenoxy) is 1. The smallest absolute Gasteiger partial charge is 0.366 e. The van der Waals surface area contributed by atoms with Gasteiger partial charge >= 0.3 is 5.97 Å². The number of esters is 1. The molecule has 0 aliphatic heterocycles. The monoisotopic (exact) mass is 203 g/mol. The van der Waals surface area contributed by atoms with Gasteiger partial charge in [0.15, 0.2) is 0 Å². The summed E-state index contributed by atoms with van der Waals surface area (Å²) in [6.45, 7) is 2.50. The van der Waals surface area contributed by atoms with Crippen LogP contribution in [-0.2, 0) is 9.53 Å². The van der Waals surface area contributed by atoms with Crippen LogP contribution < -0.4 is 5.73 Å². The predicted molar refractivity (Wildman–Crippen MR) is 53.3 cm³/mol. The summed E-state index contributed by atoms with van der Waals surface area (Å²) >= 11 is 0. The lowest BCUT2D eigenvalue weighted by Crippen LogP contribution is -2.04. The van der Waals surface area contributed by atoms with Gasteiger partial charge in [-0.1, -0.05) is 6.42 Å². The molecular weight excluding hydrogens is 185 g/mol. The van der Waals surface area contributed by atoms with Crippen LogP contribution in [0.2, 0.25) is 0 Å². The lowest BCUT2D eigenvalue weighted by molar-refractivity contribution is -0.140. The Bertz CT molecular complexity index is 193. The van der Waals surface area contributed by atoms with Crippen molar-refractivity contribution < 1.29 is 13.9 Å². The van der Waals surface area contributed by atoms with E-state index in [-0.39, 0.29) is 6.61 Å². The number of carbonyl (C=O) groups is 1. The average Bonchev–Trinajstić information content (AvgIpc) is 2.17. The summed E-state index contributed by atoms with van der Waals surface area (Å²) in [7, 11) is 0. The van der Waals surface area contributed by atoms with E-state index in [0.717, 1.165) is 19.3 Å². The van der Waals surface area contributed by atoms with E-state index >= 15 is 0 Å². The van der Waals surface area contributed by atoms with Crippen LogP contribution in [0.4, 0.5) is 4.39 Å². The van der Waals surface area contributed by atoms with Crippen LogP contribution >= 0.6 is 0 Å². The van der Waals surface area contributed by atoms with E-state index < -0.39 is 11.8 Å². The molecule has 0 aromatic rings. The first-order chi connectivity index (χ1) is 6.72. The van der Waals surface area contributed by atoms with Gasteiger partial charge in [0.2, 0.25) is 5.83 Å². The Morgan fingerprint density at radius 1 is 1.43 bits per heavy atom. The number of rotatable bonds is 7. The average molecular weight is 203 g/mol. The topological polar surface area (TPSA) is 52.3 Å². The molecule has 0 unspecified atom stereocenters. The summed E-state index contributed by atoms with van der Waals surface area (Å²) in [6.07, 6.45) is 4.58. The fraction of sp³-hybridized carbons (Fsp3) is 0.700. The molecule has 0 spiro atoms.